The monoisotopic (exact) mass is 200 g/mol. The molecule has 0 aliphatic carbocycles. The van der Waals surface area contributed by atoms with Crippen LogP contribution < -0.4 is 0 Å². The lowest BCUT2D eigenvalue weighted by molar-refractivity contribution is -0.142. The van der Waals surface area contributed by atoms with Crippen molar-refractivity contribution in [2.75, 3.05) is 7.11 Å². The van der Waals surface area contributed by atoms with Gasteiger partial charge in [-0.05, 0) is 23.7 Å². The van der Waals surface area contributed by atoms with Crippen molar-refractivity contribution in [2.45, 2.75) is 47.5 Å². The van der Waals surface area contributed by atoms with E-state index >= 15 is 0 Å². The number of hydrogen-bond acceptors (Lipinski definition) is 2. The van der Waals surface area contributed by atoms with E-state index in [1.54, 1.807) is 0 Å². The molecule has 0 unspecified atom stereocenters. The lowest BCUT2D eigenvalue weighted by atomic mass is 9.78. The van der Waals surface area contributed by atoms with Crippen LogP contribution in [0.4, 0.5) is 0 Å². The molecule has 2 heteroatoms. The normalized spacial score (nSPS) is 14.2. The Hall–Kier alpha value is -0.530. The highest BCUT2D eigenvalue weighted by atomic mass is 16.5. The standard InChI is InChI=1S/C12H24O2/c1-9(2)10(7-11(13)14-6)8-12(3,4)5/h9-10H,7-8H2,1-6H3/t10-/m0/s1. The van der Waals surface area contributed by atoms with Crippen molar-refractivity contribution < 1.29 is 9.53 Å². The maximum atomic E-state index is 11.2. The summed E-state index contributed by atoms with van der Waals surface area (Å²) in [6.07, 6.45) is 1.62. The van der Waals surface area contributed by atoms with Gasteiger partial charge in [-0.1, -0.05) is 34.6 Å². The van der Waals surface area contributed by atoms with Crippen molar-refractivity contribution >= 4 is 5.97 Å². The molecule has 0 radical (unpaired) electrons. The second-order valence-electron chi connectivity index (χ2n) is 5.55. The molecule has 0 bridgehead atoms. The number of carbonyl (C=O) groups is 1. The number of ether oxygens (including phenoxy) is 1. The summed E-state index contributed by atoms with van der Waals surface area (Å²) in [4.78, 5) is 11.2. The molecule has 0 aromatic rings. The fraction of sp³-hybridized carbons (Fsp3) is 0.917. The van der Waals surface area contributed by atoms with Crippen LogP contribution in [-0.4, -0.2) is 13.1 Å². The zero-order chi connectivity index (χ0) is 11.4. The van der Waals surface area contributed by atoms with E-state index in [2.05, 4.69) is 34.6 Å². The average molecular weight is 200 g/mol. The summed E-state index contributed by atoms with van der Waals surface area (Å²) in [6, 6.07) is 0. The summed E-state index contributed by atoms with van der Waals surface area (Å²) in [5.41, 5.74) is 0.281. The van der Waals surface area contributed by atoms with E-state index < -0.39 is 0 Å². The van der Waals surface area contributed by atoms with Crippen LogP contribution in [0.1, 0.15) is 47.5 Å². The Kier molecular flexibility index (Phi) is 5.17. The molecule has 0 aliphatic rings. The zero-order valence-electron chi connectivity index (χ0n) is 10.4. The first-order valence-corrected chi connectivity index (χ1v) is 5.33. The van der Waals surface area contributed by atoms with Crippen molar-refractivity contribution in [2.24, 2.45) is 17.3 Å². The van der Waals surface area contributed by atoms with Crippen LogP contribution in [0, 0.1) is 17.3 Å². The largest absolute Gasteiger partial charge is 0.469 e. The Balaban J connectivity index is 4.24. The molecule has 14 heavy (non-hydrogen) atoms. The lowest BCUT2D eigenvalue weighted by Gasteiger charge is -2.27. The molecule has 2 nitrogen and oxygen atoms in total. The third kappa shape index (κ3) is 6.01. The first-order valence-electron chi connectivity index (χ1n) is 5.33. The van der Waals surface area contributed by atoms with E-state index in [1.807, 2.05) is 0 Å². The minimum atomic E-state index is -0.0899. The number of methoxy groups -OCH3 is 1. The molecule has 0 saturated heterocycles. The molecule has 0 spiro atoms. The highest BCUT2D eigenvalue weighted by molar-refractivity contribution is 5.69. The number of esters is 1. The molecule has 0 saturated carbocycles. The minimum absolute atomic E-state index is 0.0899. The Labute approximate surface area is 88.0 Å². The van der Waals surface area contributed by atoms with Crippen LogP contribution in [0.15, 0.2) is 0 Å². The van der Waals surface area contributed by atoms with Crippen molar-refractivity contribution in [3.63, 3.8) is 0 Å². The molecular weight excluding hydrogens is 176 g/mol. The first-order chi connectivity index (χ1) is 6.26. The predicted octanol–water partition coefficient (Wildman–Crippen LogP) is 3.26. The minimum Gasteiger partial charge on any atom is -0.469 e. The highest BCUT2D eigenvalue weighted by Gasteiger charge is 2.23. The third-order valence-corrected chi connectivity index (χ3v) is 2.47. The highest BCUT2D eigenvalue weighted by Crippen LogP contribution is 2.31. The first kappa shape index (κ1) is 13.5. The molecule has 0 N–H and O–H groups in total. The summed E-state index contributed by atoms with van der Waals surface area (Å²) in [5, 5.41) is 0. The summed E-state index contributed by atoms with van der Waals surface area (Å²) in [7, 11) is 1.46. The van der Waals surface area contributed by atoms with Gasteiger partial charge in [-0.3, -0.25) is 4.79 Å². The molecular formula is C12H24O2. The van der Waals surface area contributed by atoms with E-state index in [0.29, 0.717) is 18.3 Å². The molecule has 0 amide bonds. The fourth-order valence-corrected chi connectivity index (χ4v) is 1.63. The number of hydrogen-bond donors (Lipinski definition) is 0. The van der Waals surface area contributed by atoms with Crippen molar-refractivity contribution in [1.82, 2.24) is 0 Å². The Morgan fingerprint density at radius 1 is 1.29 bits per heavy atom. The van der Waals surface area contributed by atoms with Crippen molar-refractivity contribution in [1.29, 1.82) is 0 Å². The van der Waals surface area contributed by atoms with Gasteiger partial charge in [0.15, 0.2) is 0 Å². The summed E-state index contributed by atoms with van der Waals surface area (Å²) >= 11 is 0. The van der Waals surface area contributed by atoms with Crippen LogP contribution >= 0.6 is 0 Å². The van der Waals surface area contributed by atoms with Gasteiger partial charge in [0.05, 0.1) is 7.11 Å². The van der Waals surface area contributed by atoms with Crippen molar-refractivity contribution in [3.05, 3.63) is 0 Å². The van der Waals surface area contributed by atoms with Gasteiger partial charge >= 0.3 is 5.97 Å². The molecule has 0 aliphatic heterocycles. The average Bonchev–Trinajstić information content (AvgIpc) is 2.00. The van der Waals surface area contributed by atoms with Crippen LogP contribution in [0.5, 0.6) is 0 Å². The number of rotatable bonds is 4. The Morgan fingerprint density at radius 2 is 1.79 bits per heavy atom. The van der Waals surface area contributed by atoms with E-state index in [4.69, 9.17) is 4.74 Å². The van der Waals surface area contributed by atoms with Crippen LogP contribution in [0.25, 0.3) is 0 Å². The van der Waals surface area contributed by atoms with Gasteiger partial charge < -0.3 is 4.74 Å². The van der Waals surface area contributed by atoms with Crippen LogP contribution in [0.2, 0.25) is 0 Å². The molecule has 0 fully saturated rings. The van der Waals surface area contributed by atoms with Gasteiger partial charge in [0, 0.05) is 6.42 Å². The molecule has 0 aromatic carbocycles. The number of carbonyl (C=O) groups excluding carboxylic acids is 1. The molecule has 0 heterocycles. The van der Waals surface area contributed by atoms with Gasteiger partial charge in [-0.2, -0.15) is 0 Å². The van der Waals surface area contributed by atoms with Crippen LogP contribution in [-0.2, 0) is 9.53 Å². The van der Waals surface area contributed by atoms with Crippen molar-refractivity contribution in [3.8, 4) is 0 Å². The summed E-state index contributed by atoms with van der Waals surface area (Å²) < 4.78 is 4.71. The fourth-order valence-electron chi connectivity index (χ4n) is 1.63. The lowest BCUT2D eigenvalue weighted by Crippen LogP contribution is -2.21. The molecule has 0 rings (SSSR count). The predicted molar refractivity (Wildman–Crippen MR) is 59.0 cm³/mol. The second-order valence-corrected chi connectivity index (χ2v) is 5.55. The van der Waals surface area contributed by atoms with Gasteiger partial charge in [0.2, 0.25) is 0 Å². The van der Waals surface area contributed by atoms with E-state index in [1.165, 1.54) is 7.11 Å². The van der Waals surface area contributed by atoms with Gasteiger partial charge in [0.1, 0.15) is 0 Å². The van der Waals surface area contributed by atoms with E-state index in [0.717, 1.165) is 6.42 Å². The smallest absolute Gasteiger partial charge is 0.305 e. The zero-order valence-corrected chi connectivity index (χ0v) is 10.4. The topological polar surface area (TPSA) is 26.3 Å². The Bertz CT molecular complexity index is 177. The maximum Gasteiger partial charge on any atom is 0.305 e. The quantitative estimate of drug-likeness (QED) is 0.651. The molecule has 84 valence electrons. The summed E-state index contributed by atoms with van der Waals surface area (Å²) in [6.45, 7) is 11.0. The van der Waals surface area contributed by atoms with Gasteiger partial charge in [0.25, 0.3) is 0 Å². The summed E-state index contributed by atoms with van der Waals surface area (Å²) in [5.74, 6) is 0.878. The van der Waals surface area contributed by atoms with E-state index in [9.17, 15) is 4.79 Å². The Morgan fingerprint density at radius 3 is 2.07 bits per heavy atom. The maximum absolute atomic E-state index is 11.2. The second kappa shape index (κ2) is 5.38. The molecule has 0 aromatic heterocycles. The molecule has 1 atom stereocenters. The van der Waals surface area contributed by atoms with E-state index in [-0.39, 0.29) is 11.4 Å². The SMILES string of the molecule is COC(=O)C[C@@H](CC(C)(C)C)C(C)C. The van der Waals surface area contributed by atoms with Gasteiger partial charge in [-0.15, -0.1) is 0 Å². The third-order valence-electron chi connectivity index (χ3n) is 2.47. The van der Waals surface area contributed by atoms with Crippen LogP contribution in [0.3, 0.4) is 0 Å². The van der Waals surface area contributed by atoms with Gasteiger partial charge in [-0.25, -0.2) is 0 Å².